The van der Waals surface area contributed by atoms with Gasteiger partial charge >= 0.3 is 0 Å². The molecule has 3 rings (SSSR count). The summed E-state index contributed by atoms with van der Waals surface area (Å²) in [5.41, 5.74) is 1.24. The summed E-state index contributed by atoms with van der Waals surface area (Å²) in [6.07, 6.45) is 4.99. The first-order valence-electron chi connectivity index (χ1n) is 11.2. The van der Waals surface area contributed by atoms with Crippen LogP contribution in [-0.2, 0) is 4.74 Å². The van der Waals surface area contributed by atoms with Gasteiger partial charge in [0, 0.05) is 38.2 Å². The van der Waals surface area contributed by atoms with E-state index in [9.17, 15) is 0 Å². The second-order valence-corrected chi connectivity index (χ2v) is 8.16. The summed E-state index contributed by atoms with van der Waals surface area (Å²) in [5.74, 6) is 2.53. The largest absolute Gasteiger partial charge is 0.496 e. The number of rotatable bonds is 8. The number of halogens is 1. The Labute approximate surface area is 199 Å². The van der Waals surface area contributed by atoms with Gasteiger partial charge in [0.1, 0.15) is 5.75 Å². The number of aliphatic imine (C=N–C) groups is 1. The number of guanidine groups is 1. The lowest BCUT2D eigenvalue weighted by Crippen LogP contribution is -2.42. The van der Waals surface area contributed by atoms with Crippen molar-refractivity contribution < 1.29 is 9.47 Å². The van der Waals surface area contributed by atoms with Crippen LogP contribution >= 0.6 is 24.0 Å². The minimum Gasteiger partial charge on any atom is -0.496 e. The number of likely N-dealkylation sites (tertiary alicyclic amines) is 1. The fourth-order valence-corrected chi connectivity index (χ4v) is 4.43. The number of ether oxygens (including phenoxy) is 2. The van der Waals surface area contributed by atoms with E-state index < -0.39 is 0 Å². The van der Waals surface area contributed by atoms with Crippen LogP contribution in [0.4, 0.5) is 0 Å². The van der Waals surface area contributed by atoms with Crippen molar-refractivity contribution in [2.45, 2.75) is 38.6 Å². The monoisotopic (exact) mass is 530 g/mol. The van der Waals surface area contributed by atoms with Crippen molar-refractivity contribution in [3.63, 3.8) is 0 Å². The molecular formula is C23H39IN4O2. The Kier molecular flexibility index (Phi) is 11.2. The van der Waals surface area contributed by atoms with Crippen LogP contribution in [0.1, 0.15) is 44.2 Å². The summed E-state index contributed by atoms with van der Waals surface area (Å²) < 4.78 is 11.2. The Morgan fingerprint density at radius 3 is 2.73 bits per heavy atom. The van der Waals surface area contributed by atoms with E-state index in [4.69, 9.17) is 14.5 Å². The Bertz CT molecular complexity index is 646. The quantitative estimate of drug-likeness (QED) is 0.315. The number of benzene rings is 1. The Morgan fingerprint density at radius 1 is 1.30 bits per heavy atom. The molecule has 2 saturated heterocycles. The third-order valence-corrected chi connectivity index (χ3v) is 6.00. The normalized spacial score (nSPS) is 21.0. The standard InChI is InChI=1S/C23H38N4O2.HI/c1-4-24-23(26(2)17-19-12-15-29-18-19)25-16-21(27-13-8-5-9-14-27)20-10-6-7-11-22(20)28-3;/h6-7,10-11,19,21H,4-5,8-9,12-18H2,1-3H3,(H,24,25);1H. The third-order valence-electron chi connectivity index (χ3n) is 6.00. The fraction of sp³-hybridized carbons (Fsp3) is 0.696. The van der Waals surface area contributed by atoms with Gasteiger partial charge in [-0.1, -0.05) is 24.6 Å². The first-order valence-corrected chi connectivity index (χ1v) is 11.2. The lowest BCUT2D eigenvalue weighted by molar-refractivity contribution is 0.164. The maximum atomic E-state index is 5.69. The Balaban J connectivity index is 0.00000320. The van der Waals surface area contributed by atoms with Crippen LogP contribution in [0, 0.1) is 5.92 Å². The lowest BCUT2D eigenvalue weighted by atomic mass is 10.0. The molecule has 0 radical (unpaired) electrons. The molecule has 0 saturated carbocycles. The Morgan fingerprint density at radius 2 is 2.07 bits per heavy atom. The molecule has 1 aromatic rings. The van der Waals surface area contributed by atoms with Crippen LogP contribution < -0.4 is 10.1 Å². The highest BCUT2D eigenvalue weighted by molar-refractivity contribution is 14.0. The van der Waals surface area contributed by atoms with E-state index in [0.717, 1.165) is 64.1 Å². The van der Waals surface area contributed by atoms with Crippen molar-refractivity contribution in [2.75, 3.05) is 60.1 Å². The maximum absolute atomic E-state index is 5.69. The summed E-state index contributed by atoms with van der Waals surface area (Å²) in [6, 6.07) is 8.65. The fourth-order valence-electron chi connectivity index (χ4n) is 4.43. The van der Waals surface area contributed by atoms with Crippen LogP contribution in [0.15, 0.2) is 29.3 Å². The molecule has 0 bridgehead atoms. The van der Waals surface area contributed by atoms with Gasteiger partial charge in [0.2, 0.25) is 0 Å². The first kappa shape index (κ1) is 25.2. The highest BCUT2D eigenvalue weighted by Crippen LogP contribution is 2.31. The molecule has 2 heterocycles. The molecule has 2 unspecified atom stereocenters. The van der Waals surface area contributed by atoms with E-state index in [2.05, 4.69) is 47.3 Å². The smallest absolute Gasteiger partial charge is 0.193 e. The predicted molar refractivity (Wildman–Crippen MR) is 134 cm³/mol. The van der Waals surface area contributed by atoms with Crippen LogP contribution in [0.25, 0.3) is 0 Å². The average Bonchev–Trinajstić information content (AvgIpc) is 3.27. The number of piperidine rings is 1. The summed E-state index contributed by atoms with van der Waals surface area (Å²) in [4.78, 5) is 9.92. The minimum atomic E-state index is 0. The minimum absolute atomic E-state index is 0. The van der Waals surface area contributed by atoms with E-state index in [1.54, 1.807) is 7.11 Å². The highest BCUT2D eigenvalue weighted by Gasteiger charge is 2.25. The molecule has 7 heteroatoms. The summed E-state index contributed by atoms with van der Waals surface area (Å²) in [5, 5.41) is 3.48. The van der Waals surface area contributed by atoms with Gasteiger partial charge in [-0.15, -0.1) is 24.0 Å². The van der Waals surface area contributed by atoms with Gasteiger partial charge in [-0.25, -0.2) is 0 Å². The van der Waals surface area contributed by atoms with Crippen molar-refractivity contribution in [2.24, 2.45) is 10.9 Å². The number of nitrogens with zero attached hydrogens (tertiary/aromatic N) is 3. The van der Waals surface area contributed by atoms with Crippen LogP contribution in [-0.4, -0.2) is 75.9 Å². The average molecular weight is 530 g/mol. The molecular weight excluding hydrogens is 491 g/mol. The van der Waals surface area contributed by atoms with Crippen LogP contribution in [0.2, 0.25) is 0 Å². The summed E-state index contributed by atoms with van der Waals surface area (Å²) in [7, 11) is 3.90. The first-order chi connectivity index (χ1) is 14.2. The third kappa shape index (κ3) is 6.99. The highest BCUT2D eigenvalue weighted by atomic mass is 127. The van der Waals surface area contributed by atoms with Gasteiger partial charge in [0.25, 0.3) is 0 Å². The molecule has 6 nitrogen and oxygen atoms in total. The van der Waals surface area contributed by atoms with E-state index in [0.29, 0.717) is 5.92 Å². The summed E-state index contributed by atoms with van der Waals surface area (Å²) >= 11 is 0. The SMILES string of the molecule is CCNC(=NCC(c1ccccc1OC)N1CCCCC1)N(C)CC1CCOC1.I. The van der Waals surface area contributed by atoms with E-state index in [1.165, 1.54) is 24.8 Å². The molecule has 2 atom stereocenters. The van der Waals surface area contributed by atoms with Gasteiger partial charge in [-0.3, -0.25) is 9.89 Å². The number of nitrogens with one attached hydrogen (secondary N) is 1. The number of methoxy groups -OCH3 is 1. The molecule has 2 fully saturated rings. The van der Waals surface area contributed by atoms with Crippen molar-refractivity contribution >= 4 is 29.9 Å². The molecule has 0 aliphatic carbocycles. The second-order valence-electron chi connectivity index (χ2n) is 8.16. The van der Waals surface area contributed by atoms with E-state index >= 15 is 0 Å². The molecule has 170 valence electrons. The molecule has 0 amide bonds. The van der Waals surface area contributed by atoms with E-state index in [-0.39, 0.29) is 30.0 Å². The van der Waals surface area contributed by atoms with Gasteiger partial charge in [-0.2, -0.15) is 0 Å². The molecule has 1 aromatic carbocycles. The molecule has 0 spiro atoms. The van der Waals surface area contributed by atoms with Crippen molar-refractivity contribution in [3.05, 3.63) is 29.8 Å². The van der Waals surface area contributed by atoms with Crippen LogP contribution in [0.3, 0.4) is 0 Å². The lowest BCUT2D eigenvalue weighted by Gasteiger charge is -2.35. The van der Waals surface area contributed by atoms with Crippen molar-refractivity contribution in [3.8, 4) is 5.75 Å². The number of para-hydroxylation sites is 1. The summed E-state index contributed by atoms with van der Waals surface area (Å²) in [6.45, 7) is 8.72. The van der Waals surface area contributed by atoms with Crippen molar-refractivity contribution in [1.29, 1.82) is 0 Å². The van der Waals surface area contributed by atoms with Crippen LogP contribution in [0.5, 0.6) is 5.75 Å². The zero-order valence-corrected chi connectivity index (χ0v) is 21.1. The molecule has 30 heavy (non-hydrogen) atoms. The maximum Gasteiger partial charge on any atom is 0.193 e. The predicted octanol–water partition coefficient (Wildman–Crippen LogP) is 3.77. The molecule has 0 aromatic heterocycles. The zero-order chi connectivity index (χ0) is 20.5. The van der Waals surface area contributed by atoms with Gasteiger partial charge in [0.05, 0.1) is 26.3 Å². The molecule has 2 aliphatic heterocycles. The number of hydrogen-bond acceptors (Lipinski definition) is 4. The van der Waals surface area contributed by atoms with Crippen molar-refractivity contribution in [1.82, 2.24) is 15.1 Å². The zero-order valence-electron chi connectivity index (χ0n) is 18.8. The Hall–Kier alpha value is -1.06. The second kappa shape index (κ2) is 13.4. The van der Waals surface area contributed by atoms with E-state index in [1.807, 2.05) is 6.07 Å². The van der Waals surface area contributed by atoms with Gasteiger partial charge in [0.15, 0.2) is 5.96 Å². The molecule has 2 aliphatic rings. The van der Waals surface area contributed by atoms with Gasteiger partial charge in [-0.05, 0) is 45.3 Å². The van der Waals surface area contributed by atoms with Gasteiger partial charge < -0.3 is 19.7 Å². The molecule has 1 N–H and O–H groups in total. The topological polar surface area (TPSA) is 49.3 Å². The number of hydrogen-bond donors (Lipinski definition) is 1.